The second kappa shape index (κ2) is 7.64. The van der Waals surface area contributed by atoms with Gasteiger partial charge in [0.05, 0.1) is 12.7 Å². The first-order chi connectivity index (χ1) is 9.70. The van der Waals surface area contributed by atoms with Crippen LogP contribution in [0.3, 0.4) is 0 Å². The molecule has 8 heteroatoms. The van der Waals surface area contributed by atoms with Crippen molar-refractivity contribution < 1.29 is 17.5 Å². The van der Waals surface area contributed by atoms with Crippen LogP contribution in [-0.4, -0.2) is 39.0 Å². The van der Waals surface area contributed by atoms with Crippen LogP contribution in [0.5, 0.6) is 0 Å². The van der Waals surface area contributed by atoms with E-state index < -0.39 is 15.8 Å². The molecule has 0 saturated heterocycles. The molecule has 0 aromatic heterocycles. The molecule has 0 heterocycles. The molecule has 0 amide bonds. The van der Waals surface area contributed by atoms with Crippen molar-refractivity contribution in [1.82, 2.24) is 4.31 Å². The molecule has 0 aliphatic rings. The molecule has 120 valence electrons. The highest BCUT2D eigenvalue weighted by Gasteiger charge is 2.26. The van der Waals surface area contributed by atoms with Gasteiger partial charge in [0.1, 0.15) is 10.7 Å². The average molecular weight is 383 g/mol. The second-order valence-electron chi connectivity index (χ2n) is 4.83. The van der Waals surface area contributed by atoms with Gasteiger partial charge in [0.2, 0.25) is 10.0 Å². The fourth-order valence-corrected chi connectivity index (χ4v) is 3.60. The van der Waals surface area contributed by atoms with E-state index in [1.54, 1.807) is 0 Å². The smallest absolute Gasteiger partial charge is 0.245 e. The number of sulfonamides is 1. The van der Waals surface area contributed by atoms with Crippen molar-refractivity contribution in [2.24, 2.45) is 5.73 Å². The molecule has 1 aromatic carbocycles. The summed E-state index contributed by atoms with van der Waals surface area (Å²) in [6.45, 7) is 4.02. The van der Waals surface area contributed by atoms with Crippen molar-refractivity contribution in [3.63, 3.8) is 0 Å². The standard InChI is InChI=1S/C13H20BrFN2O3S/c1-9(2)20-5-4-17(3)21(18,19)12-7-11(14)6-10(8-16)13(12)15/h6-7,9H,4-5,8,16H2,1-3H3. The highest BCUT2D eigenvalue weighted by molar-refractivity contribution is 9.10. The lowest BCUT2D eigenvalue weighted by molar-refractivity contribution is 0.0737. The number of nitrogens with zero attached hydrogens (tertiary/aromatic N) is 1. The molecule has 0 fully saturated rings. The monoisotopic (exact) mass is 382 g/mol. The summed E-state index contributed by atoms with van der Waals surface area (Å²) >= 11 is 3.17. The van der Waals surface area contributed by atoms with Gasteiger partial charge in [-0.25, -0.2) is 12.8 Å². The van der Waals surface area contributed by atoms with Crippen LogP contribution >= 0.6 is 15.9 Å². The summed E-state index contributed by atoms with van der Waals surface area (Å²) in [4.78, 5) is -0.385. The Bertz CT molecular complexity index is 593. The zero-order valence-electron chi connectivity index (χ0n) is 12.3. The van der Waals surface area contributed by atoms with Crippen LogP contribution in [0.2, 0.25) is 0 Å². The van der Waals surface area contributed by atoms with E-state index in [-0.39, 0.29) is 36.3 Å². The Kier molecular flexibility index (Phi) is 6.73. The molecule has 0 bridgehead atoms. The van der Waals surface area contributed by atoms with Crippen LogP contribution < -0.4 is 5.73 Å². The van der Waals surface area contributed by atoms with Gasteiger partial charge in [-0.1, -0.05) is 15.9 Å². The molecule has 0 aliphatic heterocycles. The largest absolute Gasteiger partial charge is 0.377 e. The van der Waals surface area contributed by atoms with Gasteiger partial charge in [-0.2, -0.15) is 4.31 Å². The predicted octanol–water partition coefficient (Wildman–Crippen LogP) is 2.09. The van der Waals surface area contributed by atoms with Gasteiger partial charge in [0.15, 0.2) is 0 Å². The van der Waals surface area contributed by atoms with E-state index >= 15 is 0 Å². The summed E-state index contributed by atoms with van der Waals surface area (Å²) in [7, 11) is -2.54. The number of halogens is 2. The topological polar surface area (TPSA) is 72.6 Å². The van der Waals surface area contributed by atoms with Gasteiger partial charge in [-0.3, -0.25) is 0 Å². The minimum Gasteiger partial charge on any atom is -0.377 e. The average Bonchev–Trinajstić information content (AvgIpc) is 2.40. The lowest BCUT2D eigenvalue weighted by Gasteiger charge is -2.19. The number of hydrogen-bond acceptors (Lipinski definition) is 4. The third-order valence-corrected chi connectivity index (χ3v) is 5.16. The van der Waals surface area contributed by atoms with Crippen molar-refractivity contribution in [2.75, 3.05) is 20.2 Å². The Morgan fingerprint density at radius 3 is 2.57 bits per heavy atom. The van der Waals surface area contributed by atoms with Crippen LogP contribution in [0.4, 0.5) is 4.39 Å². The zero-order valence-corrected chi connectivity index (χ0v) is 14.7. The summed E-state index contributed by atoms with van der Waals surface area (Å²) < 4.78 is 45.9. The van der Waals surface area contributed by atoms with E-state index in [0.717, 1.165) is 4.31 Å². The molecule has 0 spiro atoms. The van der Waals surface area contributed by atoms with E-state index in [9.17, 15) is 12.8 Å². The molecule has 1 aromatic rings. The third-order valence-electron chi connectivity index (χ3n) is 2.84. The molecule has 0 atom stereocenters. The second-order valence-corrected chi connectivity index (χ2v) is 7.76. The van der Waals surface area contributed by atoms with Crippen molar-refractivity contribution in [1.29, 1.82) is 0 Å². The highest BCUT2D eigenvalue weighted by atomic mass is 79.9. The minimum atomic E-state index is -3.93. The molecular formula is C13H20BrFN2O3S. The van der Waals surface area contributed by atoms with Crippen LogP contribution in [0.25, 0.3) is 0 Å². The number of nitrogens with two attached hydrogens (primary N) is 1. The molecule has 0 saturated carbocycles. The third kappa shape index (κ3) is 4.72. The lowest BCUT2D eigenvalue weighted by Crippen LogP contribution is -2.31. The summed E-state index contributed by atoms with van der Waals surface area (Å²) in [5.74, 6) is -0.808. The maximum atomic E-state index is 14.2. The molecule has 5 nitrogen and oxygen atoms in total. The van der Waals surface area contributed by atoms with Crippen molar-refractivity contribution >= 4 is 26.0 Å². The molecule has 0 radical (unpaired) electrons. The van der Waals surface area contributed by atoms with Crippen molar-refractivity contribution in [3.8, 4) is 0 Å². The zero-order chi connectivity index (χ0) is 16.2. The van der Waals surface area contributed by atoms with Gasteiger partial charge in [0, 0.05) is 30.2 Å². The molecule has 2 N–H and O–H groups in total. The minimum absolute atomic E-state index is 0.00699. The van der Waals surface area contributed by atoms with E-state index in [1.807, 2.05) is 13.8 Å². The molecule has 1 rings (SSSR count). The SMILES string of the molecule is CC(C)OCCN(C)S(=O)(=O)c1cc(Br)cc(CN)c1F. The molecule has 0 aliphatic carbocycles. The van der Waals surface area contributed by atoms with Gasteiger partial charge in [-0.15, -0.1) is 0 Å². The number of hydrogen-bond donors (Lipinski definition) is 1. The quantitative estimate of drug-likeness (QED) is 0.783. The number of rotatable bonds is 7. The number of ether oxygens (including phenoxy) is 1. The van der Waals surface area contributed by atoms with Crippen LogP contribution in [0.15, 0.2) is 21.5 Å². The van der Waals surface area contributed by atoms with Crippen molar-refractivity contribution in [3.05, 3.63) is 28.0 Å². The first-order valence-corrected chi connectivity index (χ1v) is 8.69. The molecule has 0 unspecified atom stereocenters. The molecule has 21 heavy (non-hydrogen) atoms. The van der Waals surface area contributed by atoms with Gasteiger partial charge >= 0.3 is 0 Å². The van der Waals surface area contributed by atoms with E-state index in [2.05, 4.69) is 15.9 Å². The van der Waals surface area contributed by atoms with E-state index in [4.69, 9.17) is 10.5 Å². The van der Waals surface area contributed by atoms with E-state index in [1.165, 1.54) is 19.2 Å². The fraction of sp³-hybridized carbons (Fsp3) is 0.538. The fourth-order valence-electron chi connectivity index (χ4n) is 1.66. The van der Waals surface area contributed by atoms with Gasteiger partial charge in [0.25, 0.3) is 0 Å². The van der Waals surface area contributed by atoms with Gasteiger partial charge in [-0.05, 0) is 26.0 Å². The first kappa shape index (κ1) is 18.5. The summed E-state index contributed by atoms with van der Waals surface area (Å²) in [5.41, 5.74) is 5.58. The van der Waals surface area contributed by atoms with Gasteiger partial charge < -0.3 is 10.5 Å². The highest BCUT2D eigenvalue weighted by Crippen LogP contribution is 2.25. The predicted molar refractivity (Wildman–Crippen MR) is 82.9 cm³/mol. The lowest BCUT2D eigenvalue weighted by atomic mass is 10.2. The Hall–Kier alpha value is -0.540. The Morgan fingerprint density at radius 1 is 1.43 bits per heavy atom. The first-order valence-electron chi connectivity index (χ1n) is 6.46. The maximum absolute atomic E-state index is 14.2. The van der Waals surface area contributed by atoms with Crippen LogP contribution in [0.1, 0.15) is 19.4 Å². The number of likely N-dealkylation sites (N-methyl/N-ethyl adjacent to an activating group) is 1. The maximum Gasteiger partial charge on any atom is 0.245 e. The summed E-state index contributed by atoms with van der Waals surface area (Å²) in [5, 5.41) is 0. The van der Waals surface area contributed by atoms with Crippen LogP contribution in [0, 0.1) is 5.82 Å². The summed E-state index contributed by atoms with van der Waals surface area (Å²) in [6, 6.07) is 2.71. The van der Waals surface area contributed by atoms with Crippen molar-refractivity contribution in [2.45, 2.75) is 31.4 Å². The normalized spacial score (nSPS) is 12.4. The molecular weight excluding hydrogens is 363 g/mol. The number of benzene rings is 1. The van der Waals surface area contributed by atoms with Crippen LogP contribution in [-0.2, 0) is 21.3 Å². The Morgan fingerprint density at radius 2 is 2.05 bits per heavy atom. The van der Waals surface area contributed by atoms with E-state index in [0.29, 0.717) is 4.47 Å². The Balaban J connectivity index is 3.05. The summed E-state index contributed by atoms with van der Waals surface area (Å²) in [6.07, 6.45) is 0.00699. The Labute approximate surface area is 133 Å².